The highest BCUT2D eigenvalue weighted by Gasteiger charge is 2.34. The van der Waals surface area contributed by atoms with Crippen molar-refractivity contribution < 1.29 is 0 Å². The minimum absolute atomic E-state index is 0.574. The molecule has 0 saturated heterocycles. The van der Waals surface area contributed by atoms with Gasteiger partial charge >= 0.3 is 0 Å². The first-order valence-corrected chi connectivity index (χ1v) is 6.97. The Morgan fingerprint density at radius 1 is 1.44 bits per heavy atom. The van der Waals surface area contributed by atoms with Gasteiger partial charge in [-0.2, -0.15) is 0 Å². The summed E-state index contributed by atoms with van der Waals surface area (Å²) in [4.78, 5) is 2.52. The highest BCUT2D eigenvalue weighted by atomic mass is 35.5. The third-order valence-corrected chi connectivity index (χ3v) is 4.33. The molecule has 2 rings (SSSR count). The van der Waals surface area contributed by atoms with E-state index in [4.69, 9.17) is 11.6 Å². The lowest BCUT2D eigenvalue weighted by atomic mass is 10.0. The molecule has 0 aliphatic heterocycles. The van der Waals surface area contributed by atoms with Gasteiger partial charge in [0.15, 0.2) is 0 Å². The number of hydrogen-bond donors (Lipinski definition) is 0. The highest BCUT2D eigenvalue weighted by molar-refractivity contribution is 7.10. The van der Waals surface area contributed by atoms with Gasteiger partial charge in [-0.1, -0.05) is 29.9 Å². The zero-order valence-electron chi connectivity index (χ0n) is 9.98. The Morgan fingerprint density at radius 2 is 2.12 bits per heavy atom. The molecule has 0 amide bonds. The first-order chi connectivity index (χ1) is 7.59. The van der Waals surface area contributed by atoms with E-state index in [1.165, 1.54) is 24.4 Å². The summed E-state index contributed by atoms with van der Waals surface area (Å²) < 4.78 is 4.63. The largest absolute Gasteiger partial charge is 0.291 e. The normalized spacial score (nSPS) is 18.4. The van der Waals surface area contributed by atoms with Crippen molar-refractivity contribution in [3.63, 3.8) is 0 Å². The Hall–Kier alpha value is -0.190. The molecule has 1 aromatic rings. The third kappa shape index (κ3) is 2.73. The second-order valence-corrected chi connectivity index (χ2v) is 6.24. The molecule has 1 saturated carbocycles. The van der Waals surface area contributed by atoms with Crippen LogP contribution in [0.2, 0.25) is 4.34 Å². The van der Waals surface area contributed by atoms with Gasteiger partial charge in [0.05, 0.1) is 0 Å². The van der Waals surface area contributed by atoms with E-state index in [9.17, 15) is 0 Å². The van der Waals surface area contributed by atoms with Gasteiger partial charge in [-0.05, 0) is 25.7 Å². The number of rotatable bonds is 5. The molecule has 0 spiro atoms. The molecule has 1 atom stereocenters. The van der Waals surface area contributed by atoms with Gasteiger partial charge < -0.3 is 0 Å². The van der Waals surface area contributed by atoms with E-state index in [1.807, 2.05) is 0 Å². The Labute approximate surface area is 106 Å². The van der Waals surface area contributed by atoms with Crippen LogP contribution >= 0.6 is 23.1 Å². The van der Waals surface area contributed by atoms with Gasteiger partial charge in [0, 0.05) is 30.2 Å². The van der Waals surface area contributed by atoms with Crippen molar-refractivity contribution in [3.8, 4) is 0 Å². The smallest absolute Gasteiger partial charge is 0.138 e. The quantitative estimate of drug-likeness (QED) is 0.813. The van der Waals surface area contributed by atoms with Gasteiger partial charge in [-0.3, -0.25) is 4.90 Å². The van der Waals surface area contributed by atoms with E-state index in [2.05, 4.69) is 35.3 Å². The van der Waals surface area contributed by atoms with Crippen molar-refractivity contribution in [2.75, 3.05) is 0 Å². The van der Waals surface area contributed by atoms with Crippen molar-refractivity contribution in [2.24, 2.45) is 5.92 Å². The summed E-state index contributed by atoms with van der Waals surface area (Å²) in [7, 11) is 0. The van der Waals surface area contributed by atoms with Gasteiger partial charge in [-0.15, -0.1) is 5.10 Å². The summed E-state index contributed by atoms with van der Waals surface area (Å²) in [5.74, 6) is 0.658. The molecule has 5 heteroatoms. The Kier molecular flexibility index (Phi) is 3.82. The lowest BCUT2D eigenvalue weighted by Gasteiger charge is -2.31. The topological polar surface area (TPSA) is 29.0 Å². The van der Waals surface area contributed by atoms with Crippen molar-refractivity contribution >= 4 is 23.1 Å². The molecule has 0 bridgehead atoms. The number of hydrogen-bond acceptors (Lipinski definition) is 4. The summed E-state index contributed by atoms with van der Waals surface area (Å²) >= 11 is 7.34. The second kappa shape index (κ2) is 4.98. The molecule has 1 fully saturated rings. The fourth-order valence-electron chi connectivity index (χ4n) is 1.86. The maximum atomic E-state index is 6.06. The van der Waals surface area contributed by atoms with Crippen molar-refractivity contribution in [3.05, 3.63) is 10.0 Å². The second-order valence-electron chi connectivity index (χ2n) is 4.88. The van der Waals surface area contributed by atoms with Gasteiger partial charge in [0.2, 0.25) is 0 Å². The predicted molar refractivity (Wildman–Crippen MR) is 67.8 cm³/mol. The molecule has 1 unspecified atom stereocenters. The fraction of sp³-hybridized carbons (Fsp3) is 0.818. The van der Waals surface area contributed by atoms with E-state index in [-0.39, 0.29) is 0 Å². The van der Waals surface area contributed by atoms with Crippen LogP contribution in [0.3, 0.4) is 0 Å². The molecule has 1 aromatic heterocycles. The van der Waals surface area contributed by atoms with E-state index >= 15 is 0 Å². The average molecular weight is 260 g/mol. The van der Waals surface area contributed by atoms with E-state index in [1.54, 1.807) is 0 Å². The van der Waals surface area contributed by atoms with Crippen LogP contribution in [-0.4, -0.2) is 26.6 Å². The fourth-order valence-corrected chi connectivity index (χ4v) is 2.47. The van der Waals surface area contributed by atoms with Gasteiger partial charge in [0.1, 0.15) is 10.0 Å². The van der Waals surface area contributed by atoms with Crippen LogP contribution in [0.5, 0.6) is 0 Å². The van der Waals surface area contributed by atoms with Gasteiger partial charge in [-0.25, -0.2) is 0 Å². The van der Waals surface area contributed by atoms with Crippen LogP contribution in [0.15, 0.2) is 0 Å². The number of nitrogens with zero attached hydrogens (tertiary/aromatic N) is 3. The maximum Gasteiger partial charge on any atom is 0.138 e. The molecule has 3 nitrogen and oxygen atoms in total. The molecule has 0 radical (unpaired) electrons. The van der Waals surface area contributed by atoms with Crippen molar-refractivity contribution in [1.82, 2.24) is 14.5 Å². The molecule has 1 heterocycles. The summed E-state index contributed by atoms with van der Waals surface area (Å²) in [5.41, 5.74) is 0.936. The molecule has 1 aliphatic rings. The van der Waals surface area contributed by atoms with Crippen molar-refractivity contribution in [1.29, 1.82) is 0 Å². The van der Waals surface area contributed by atoms with Crippen LogP contribution < -0.4 is 0 Å². The minimum Gasteiger partial charge on any atom is -0.291 e. The molecule has 1 aliphatic carbocycles. The van der Waals surface area contributed by atoms with Crippen LogP contribution in [0.4, 0.5) is 0 Å². The van der Waals surface area contributed by atoms with E-state index in [0.717, 1.165) is 22.6 Å². The lowest BCUT2D eigenvalue weighted by molar-refractivity contribution is 0.148. The lowest BCUT2D eigenvalue weighted by Crippen LogP contribution is -2.38. The van der Waals surface area contributed by atoms with Crippen LogP contribution in [0, 0.1) is 5.92 Å². The molecular formula is C11H18ClN3S. The van der Waals surface area contributed by atoms with Crippen LogP contribution in [0.1, 0.15) is 39.3 Å². The summed E-state index contributed by atoms with van der Waals surface area (Å²) in [6, 6.07) is 1.31. The SMILES string of the molecule is CC(C)C(C)N(Cc1nnsc1Cl)C1CC1. The minimum atomic E-state index is 0.574. The average Bonchev–Trinajstić information content (AvgIpc) is 2.99. The summed E-state index contributed by atoms with van der Waals surface area (Å²) in [6.45, 7) is 7.66. The molecule has 90 valence electrons. The number of aromatic nitrogens is 2. The molecule has 16 heavy (non-hydrogen) atoms. The standard InChI is InChI=1S/C11H18ClN3S/c1-7(2)8(3)15(9-4-5-9)6-10-11(12)16-14-13-10/h7-9H,4-6H2,1-3H3. The summed E-state index contributed by atoms with van der Waals surface area (Å²) in [6.07, 6.45) is 2.62. The molecule has 0 N–H and O–H groups in total. The first kappa shape index (κ1) is 12.3. The Balaban J connectivity index is 2.06. The Morgan fingerprint density at radius 3 is 2.56 bits per heavy atom. The highest BCUT2D eigenvalue weighted by Crippen LogP contribution is 2.33. The van der Waals surface area contributed by atoms with Crippen molar-refractivity contribution in [2.45, 2.75) is 52.2 Å². The van der Waals surface area contributed by atoms with Crippen LogP contribution in [-0.2, 0) is 6.54 Å². The monoisotopic (exact) mass is 259 g/mol. The third-order valence-electron chi connectivity index (χ3n) is 3.35. The first-order valence-electron chi connectivity index (χ1n) is 5.82. The van der Waals surface area contributed by atoms with E-state index < -0.39 is 0 Å². The zero-order chi connectivity index (χ0) is 11.7. The Bertz CT molecular complexity index is 349. The molecular weight excluding hydrogens is 242 g/mol. The summed E-state index contributed by atoms with van der Waals surface area (Å²) in [5, 5.41) is 4.10. The maximum absolute atomic E-state index is 6.06. The zero-order valence-corrected chi connectivity index (χ0v) is 11.6. The van der Waals surface area contributed by atoms with Gasteiger partial charge in [0.25, 0.3) is 0 Å². The molecule has 0 aromatic carbocycles. The van der Waals surface area contributed by atoms with Crippen LogP contribution in [0.25, 0.3) is 0 Å². The number of halogens is 1. The van der Waals surface area contributed by atoms with E-state index in [0.29, 0.717) is 12.0 Å². The predicted octanol–water partition coefficient (Wildman–Crippen LogP) is 3.20.